The molecular formula is C19H30F3N3+2. The number of halogens is 3. The topological polar surface area (TPSA) is 12.1 Å². The van der Waals surface area contributed by atoms with Crippen LogP contribution in [0.4, 0.5) is 18.9 Å². The summed E-state index contributed by atoms with van der Waals surface area (Å²) in [6, 6.07) is 6.50. The minimum atomic E-state index is -4.27. The molecule has 3 rings (SSSR count). The van der Waals surface area contributed by atoms with Gasteiger partial charge in [-0.2, -0.15) is 13.2 Å². The molecule has 2 fully saturated rings. The van der Waals surface area contributed by atoms with E-state index in [1.165, 1.54) is 51.0 Å². The highest BCUT2D eigenvalue weighted by molar-refractivity contribution is 5.49. The normalized spacial score (nSPS) is 26.0. The quantitative estimate of drug-likeness (QED) is 0.815. The third-order valence-corrected chi connectivity index (χ3v) is 5.82. The Morgan fingerprint density at radius 3 is 2.36 bits per heavy atom. The van der Waals surface area contributed by atoms with E-state index in [4.69, 9.17) is 0 Å². The highest BCUT2D eigenvalue weighted by atomic mass is 19.4. The van der Waals surface area contributed by atoms with Crippen LogP contribution in [0.3, 0.4) is 0 Å². The van der Waals surface area contributed by atoms with Crippen LogP contribution in [-0.4, -0.2) is 51.9 Å². The summed E-state index contributed by atoms with van der Waals surface area (Å²) < 4.78 is 38.7. The molecule has 1 aromatic rings. The molecule has 25 heavy (non-hydrogen) atoms. The molecule has 0 atom stereocenters. The van der Waals surface area contributed by atoms with Crippen LogP contribution >= 0.6 is 0 Å². The second kappa shape index (κ2) is 7.96. The average Bonchev–Trinajstić information content (AvgIpc) is 2.62. The van der Waals surface area contributed by atoms with E-state index in [9.17, 15) is 13.2 Å². The van der Waals surface area contributed by atoms with Crippen molar-refractivity contribution in [2.45, 2.75) is 38.4 Å². The van der Waals surface area contributed by atoms with Gasteiger partial charge in [-0.1, -0.05) is 13.0 Å². The van der Waals surface area contributed by atoms with Crippen LogP contribution in [-0.2, 0) is 6.18 Å². The van der Waals surface area contributed by atoms with Gasteiger partial charge in [0.05, 0.1) is 57.4 Å². The fraction of sp³-hybridized carbons (Fsp3) is 0.684. The van der Waals surface area contributed by atoms with Gasteiger partial charge < -0.3 is 14.7 Å². The predicted molar refractivity (Wildman–Crippen MR) is 93.2 cm³/mol. The number of rotatable bonds is 4. The first-order chi connectivity index (χ1) is 12.0. The number of piperazine rings is 1. The van der Waals surface area contributed by atoms with Gasteiger partial charge in [-0.3, -0.25) is 0 Å². The van der Waals surface area contributed by atoms with Gasteiger partial charge in [-0.05, 0) is 24.6 Å². The number of alkyl halides is 3. The fourth-order valence-corrected chi connectivity index (χ4v) is 4.38. The first-order valence-corrected chi connectivity index (χ1v) is 9.57. The Labute approximate surface area is 148 Å². The molecule has 0 unspecified atom stereocenters. The zero-order valence-corrected chi connectivity index (χ0v) is 15.0. The highest BCUT2D eigenvalue weighted by Crippen LogP contribution is 2.31. The van der Waals surface area contributed by atoms with Crippen LogP contribution in [0, 0.1) is 0 Å². The van der Waals surface area contributed by atoms with E-state index in [1.54, 1.807) is 15.9 Å². The Morgan fingerprint density at radius 2 is 1.76 bits per heavy atom. The van der Waals surface area contributed by atoms with E-state index in [2.05, 4.69) is 11.8 Å². The number of hydrogen-bond donors (Lipinski definition) is 2. The number of nitrogens with one attached hydrogen (secondary N) is 2. The minimum absolute atomic E-state index is 0.550. The molecule has 0 bridgehead atoms. The molecule has 2 heterocycles. The zero-order valence-electron chi connectivity index (χ0n) is 15.0. The molecule has 3 nitrogen and oxygen atoms in total. The first kappa shape index (κ1) is 18.5. The molecule has 0 aliphatic carbocycles. The van der Waals surface area contributed by atoms with Gasteiger partial charge in [0, 0.05) is 18.5 Å². The lowest BCUT2D eigenvalue weighted by Crippen LogP contribution is -3.22. The Balaban J connectivity index is 1.52. The van der Waals surface area contributed by atoms with Gasteiger partial charge in [-0.15, -0.1) is 0 Å². The summed E-state index contributed by atoms with van der Waals surface area (Å²) in [6.45, 7) is 9.84. The molecular weight excluding hydrogens is 327 g/mol. The maximum absolute atomic E-state index is 12.9. The zero-order chi connectivity index (χ0) is 17.9. The number of likely N-dealkylation sites (tertiary alicyclic amines) is 1. The molecule has 0 radical (unpaired) electrons. The molecule has 6 heteroatoms. The minimum Gasteiger partial charge on any atom is -0.360 e. The predicted octanol–water partition coefficient (Wildman–Crippen LogP) is 0.868. The summed E-state index contributed by atoms with van der Waals surface area (Å²) in [5, 5.41) is 0. The number of nitrogens with zero attached hydrogens (tertiary/aromatic N) is 1. The molecule has 1 aromatic carbocycles. The molecule has 2 aliphatic rings. The maximum atomic E-state index is 12.9. The highest BCUT2D eigenvalue weighted by Gasteiger charge is 2.33. The lowest BCUT2D eigenvalue weighted by molar-refractivity contribution is -0.958. The molecule has 2 N–H and O–H groups in total. The Morgan fingerprint density at radius 1 is 1.08 bits per heavy atom. The lowest BCUT2D eigenvalue weighted by Gasteiger charge is -2.40. The van der Waals surface area contributed by atoms with Crippen molar-refractivity contribution in [2.75, 3.05) is 50.7 Å². The number of benzene rings is 1. The SMILES string of the molecule is CCC[NH+]1CCC([NH+]2CCN(c3cccc(C(F)(F)F)c3)CC2)CC1. The van der Waals surface area contributed by atoms with Crippen molar-refractivity contribution in [3.63, 3.8) is 0 Å². The summed E-state index contributed by atoms with van der Waals surface area (Å²) in [6.07, 6.45) is -0.442. The van der Waals surface area contributed by atoms with Gasteiger partial charge in [-0.25, -0.2) is 0 Å². The summed E-state index contributed by atoms with van der Waals surface area (Å²) in [5.74, 6) is 0. The van der Waals surface area contributed by atoms with E-state index in [0.29, 0.717) is 5.69 Å². The van der Waals surface area contributed by atoms with Crippen LogP contribution in [0.2, 0.25) is 0 Å². The van der Waals surface area contributed by atoms with Gasteiger partial charge in [0.1, 0.15) is 0 Å². The Hall–Kier alpha value is -1.27. The van der Waals surface area contributed by atoms with Crippen molar-refractivity contribution in [3.8, 4) is 0 Å². The summed E-state index contributed by atoms with van der Waals surface area (Å²) in [4.78, 5) is 5.50. The van der Waals surface area contributed by atoms with Crippen LogP contribution in [0.5, 0.6) is 0 Å². The van der Waals surface area contributed by atoms with Crippen LogP contribution in [0.25, 0.3) is 0 Å². The molecule has 0 saturated carbocycles. The van der Waals surface area contributed by atoms with Crippen LogP contribution in [0.1, 0.15) is 31.7 Å². The summed E-state index contributed by atoms with van der Waals surface area (Å²) >= 11 is 0. The number of anilines is 1. The molecule has 2 saturated heterocycles. The maximum Gasteiger partial charge on any atom is 0.416 e. The van der Waals surface area contributed by atoms with Gasteiger partial charge in [0.25, 0.3) is 0 Å². The number of piperidine rings is 1. The molecule has 2 aliphatic heterocycles. The fourth-order valence-electron chi connectivity index (χ4n) is 4.38. The Bertz CT molecular complexity index is 545. The molecule has 140 valence electrons. The van der Waals surface area contributed by atoms with Crippen LogP contribution in [0.15, 0.2) is 24.3 Å². The number of quaternary nitrogens is 2. The monoisotopic (exact) mass is 357 g/mol. The summed E-state index contributed by atoms with van der Waals surface area (Å²) in [5.41, 5.74) is 0.155. The largest absolute Gasteiger partial charge is 0.416 e. The van der Waals surface area contributed by atoms with Crippen molar-refractivity contribution in [1.29, 1.82) is 0 Å². The summed E-state index contributed by atoms with van der Waals surface area (Å²) in [7, 11) is 0. The van der Waals surface area contributed by atoms with E-state index in [0.717, 1.165) is 38.3 Å². The van der Waals surface area contributed by atoms with Crippen molar-refractivity contribution < 1.29 is 23.0 Å². The average molecular weight is 357 g/mol. The van der Waals surface area contributed by atoms with Gasteiger partial charge in [0.15, 0.2) is 0 Å². The standard InChI is InChI=1S/C19H28F3N3/c1-2-8-23-9-6-17(7-10-23)24-11-13-25(14-12-24)18-5-3-4-16(15-18)19(20,21)22/h3-5,15,17H,2,6-14H2,1H3/p+2. The van der Waals surface area contributed by atoms with E-state index >= 15 is 0 Å². The van der Waals surface area contributed by atoms with Crippen molar-refractivity contribution in [2.24, 2.45) is 0 Å². The van der Waals surface area contributed by atoms with Crippen molar-refractivity contribution in [1.82, 2.24) is 0 Å². The first-order valence-electron chi connectivity index (χ1n) is 9.57. The van der Waals surface area contributed by atoms with E-state index in [1.807, 2.05) is 0 Å². The second-order valence-corrected chi connectivity index (χ2v) is 7.47. The van der Waals surface area contributed by atoms with Crippen LogP contribution < -0.4 is 14.7 Å². The molecule has 0 amide bonds. The molecule has 0 aromatic heterocycles. The van der Waals surface area contributed by atoms with Crippen molar-refractivity contribution in [3.05, 3.63) is 29.8 Å². The third kappa shape index (κ3) is 4.67. The second-order valence-electron chi connectivity index (χ2n) is 7.47. The molecule has 0 spiro atoms. The number of hydrogen-bond acceptors (Lipinski definition) is 1. The van der Waals surface area contributed by atoms with Gasteiger partial charge >= 0.3 is 6.18 Å². The van der Waals surface area contributed by atoms with Crippen molar-refractivity contribution >= 4 is 5.69 Å². The van der Waals surface area contributed by atoms with Gasteiger partial charge in [0.2, 0.25) is 0 Å². The lowest BCUT2D eigenvalue weighted by atomic mass is 10.0. The Kier molecular flexibility index (Phi) is 5.89. The van der Waals surface area contributed by atoms with E-state index < -0.39 is 11.7 Å². The van der Waals surface area contributed by atoms with E-state index in [-0.39, 0.29) is 0 Å². The smallest absolute Gasteiger partial charge is 0.360 e. The third-order valence-electron chi connectivity index (χ3n) is 5.82.